The fraction of sp³-hybridized carbons (Fsp3) is 0.143. The van der Waals surface area contributed by atoms with Gasteiger partial charge in [-0.25, -0.2) is 8.78 Å². The maximum Gasteiger partial charge on any atom is 0.168 e. The lowest BCUT2D eigenvalue weighted by Gasteiger charge is -2.11. The van der Waals surface area contributed by atoms with Gasteiger partial charge in [-0.2, -0.15) is 0 Å². The van der Waals surface area contributed by atoms with Crippen LogP contribution in [0.4, 0.5) is 8.78 Å². The van der Waals surface area contributed by atoms with Gasteiger partial charge in [-0.3, -0.25) is 0 Å². The second kappa shape index (κ2) is 5.99. The van der Waals surface area contributed by atoms with E-state index in [4.69, 9.17) is 22.1 Å². The third-order valence-electron chi connectivity index (χ3n) is 2.56. The van der Waals surface area contributed by atoms with Gasteiger partial charge >= 0.3 is 0 Å². The van der Waals surface area contributed by atoms with E-state index >= 15 is 0 Å². The maximum absolute atomic E-state index is 13.5. The Morgan fingerprint density at radius 2 is 1.84 bits per heavy atom. The predicted octanol–water partition coefficient (Wildman–Crippen LogP) is 3.91. The summed E-state index contributed by atoms with van der Waals surface area (Å²) in [6.45, 7) is 0.434. The quantitative estimate of drug-likeness (QED) is 0.923. The minimum absolute atomic E-state index is 0.0538. The molecule has 0 bridgehead atoms. The first kappa shape index (κ1) is 13.8. The molecule has 0 saturated heterocycles. The van der Waals surface area contributed by atoms with Crippen LogP contribution in [0.1, 0.15) is 5.56 Å². The van der Waals surface area contributed by atoms with Crippen molar-refractivity contribution in [2.45, 2.75) is 6.42 Å². The van der Waals surface area contributed by atoms with E-state index in [2.05, 4.69) is 0 Å². The molecule has 5 heteroatoms. The van der Waals surface area contributed by atoms with Gasteiger partial charge in [0.1, 0.15) is 11.6 Å². The molecule has 0 unspecified atom stereocenters. The third-order valence-corrected chi connectivity index (χ3v) is 2.79. The van der Waals surface area contributed by atoms with E-state index < -0.39 is 11.6 Å². The van der Waals surface area contributed by atoms with Crippen LogP contribution in [0.5, 0.6) is 11.5 Å². The van der Waals surface area contributed by atoms with Gasteiger partial charge in [0.2, 0.25) is 0 Å². The van der Waals surface area contributed by atoms with Crippen molar-refractivity contribution in [3.05, 3.63) is 58.6 Å². The van der Waals surface area contributed by atoms with E-state index in [0.29, 0.717) is 23.7 Å². The Bertz CT molecular complexity index is 590. The molecular formula is C14H12ClF2NO. The van der Waals surface area contributed by atoms with Crippen molar-refractivity contribution in [2.24, 2.45) is 5.73 Å². The number of nitrogens with two attached hydrogens (primary N) is 1. The van der Waals surface area contributed by atoms with Crippen LogP contribution in [0.2, 0.25) is 5.02 Å². The molecule has 0 amide bonds. The van der Waals surface area contributed by atoms with Gasteiger partial charge in [0, 0.05) is 11.1 Å². The lowest BCUT2D eigenvalue weighted by molar-refractivity contribution is 0.433. The average molecular weight is 284 g/mol. The Morgan fingerprint density at radius 3 is 2.53 bits per heavy atom. The van der Waals surface area contributed by atoms with Gasteiger partial charge in [-0.1, -0.05) is 17.7 Å². The normalized spacial score (nSPS) is 10.5. The Labute approximate surface area is 114 Å². The molecule has 0 aliphatic rings. The Kier molecular flexibility index (Phi) is 4.35. The van der Waals surface area contributed by atoms with Crippen LogP contribution in [0, 0.1) is 11.6 Å². The molecule has 2 aromatic carbocycles. The van der Waals surface area contributed by atoms with Crippen LogP contribution < -0.4 is 10.5 Å². The van der Waals surface area contributed by atoms with Crippen LogP contribution >= 0.6 is 11.6 Å². The molecule has 0 heterocycles. The van der Waals surface area contributed by atoms with Gasteiger partial charge < -0.3 is 10.5 Å². The SMILES string of the molecule is NCCc1ccc(Cl)cc1Oc1ccc(F)cc1F. The van der Waals surface area contributed by atoms with Crippen molar-refractivity contribution in [3.63, 3.8) is 0 Å². The summed E-state index contributed by atoms with van der Waals surface area (Å²) < 4.78 is 31.8. The van der Waals surface area contributed by atoms with E-state index in [1.807, 2.05) is 0 Å². The first-order valence-corrected chi connectivity index (χ1v) is 6.09. The Balaban J connectivity index is 2.33. The molecule has 2 N–H and O–H groups in total. The second-order valence-electron chi connectivity index (χ2n) is 3.97. The first-order chi connectivity index (χ1) is 9.10. The summed E-state index contributed by atoms with van der Waals surface area (Å²) in [7, 11) is 0. The standard InChI is InChI=1S/C14H12ClF2NO/c15-10-2-1-9(5-6-18)14(7-10)19-13-4-3-11(16)8-12(13)17/h1-4,7-8H,5-6,18H2. The molecule has 0 saturated carbocycles. The summed E-state index contributed by atoms with van der Waals surface area (Å²) in [5.41, 5.74) is 6.31. The van der Waals surface area contributed by atoms with E-state index in [1.54, 1.807) is 18.2 Å². The molecule has 0 aliphatic carbocycles. The van der Waals surface area contributed by atoms with E-state index in [0.717, 1.165) is 17.7 Å². The van der Waals surface area contributed by atoms with Crippen molar-refractivity contribution in [1.82, 2.24) is 0 Å². The van der Waals surface area contributed by atoms with Crippen molar-refractivity contribution in [1.29, 1.82) is 0 Å². The maximum atomic E-state index is 13.5. The lowest BCUT2D eigenvalue weighted by Crippen LogP contribution is -2.04. The molecule has 2 nitrogen and oxygen atoms in total. The van der Waals surface area contributed by atoms with Gasteiger partial charge in [0.25, 0.3) is 0 Å². The summed E-state index contributed by atoms with van der Waals surface area (Å²) in [6.07, 6.45) is 0.579. The van der Waals surface area contributed by atoms with Crippen LogP contribution in [0.15, 0.2) is 36.4 Å². The number of hydrogen-bond acceptors (Lipinski definition) is 2. The topological polar surface area (TPSA) is 35.2 Å². The van der Waals surface area contributed by atoms with Crippen LogP contribution in [-0.4, -0.2) is 6.54 Å². The highest BCUT2D eigenvalue weighted by Crippen LogP contribution is 2.30. The van der Waals surface area contributed by atoms with Gasteiger partial charge in [-0.05, 0) is 42.8 Å². The third kappa shape index (κ3) is 3.43. The fourth-order valence-corrected chi connectivity index (χ4v) is 1.82. The molecule has 19 heavy (non-hydrogen) atoms. The summed E-state index contributed by atoms with van der Waals surface area (Å²) in [4.78, 5) is 0. The average Bonchev–Trinajstić information content (AvgIpc) is 2.36. The highest BCUT2D eigenvalue weighted by molar-refractivity contribution is 6.30. The van der Waals surface area contributed by atoms with Crippen LogP contribution in [0.25, 0.3) is 0 Å². The molecule has 2 rings (SSSR count). The van der Waals surface area contributed by atoms with E-state index in [1.165, 1.54) is 6.07 Å². The molecule has 0 radical (unpaired) electrons. The monoisotopic (exact) mass is 283 g/mol. The first-order valence-electron chi connectivity index (χ1n) is 5.71. The molecule has 100 valence electrons. The highest BCUT2D eigenvalue weighted by atomic mass is 35.5. The van der Waals surface area contributed by atoms with Gasteiger partial charge in [0.15, 0.2) is 11.6 Å². The van der Waals surface area contributed by atoms with Crippen molar-refractivity contribution in [3.8, 4) is 11.5 Å². The van der Waals surface area contributed by atoms with Crippen molar-refractivity contribution >= 4 is 11.6 Å². The minimum Gasteiger partial charge on any atom is -0.454 e. The number of rotatable bonds is 4. The lowest BCUT2D eigenvalue weighted by atomic mass is 10.1. The molecule has 0 aliphatic heterocycles. The van der Waals surface area contributed by atoms with Crippen LogP contribution in [0.3, 0.4) is 0 Å². The zero-order valence-electron chi connectivity index (χ0n) is 10.00. The van der Waals surface area contributed by atoms with Crippen LogP contribution in [-0.2, 0) is 6.42 Å². The number of ether oxygens (including phenoxy) is 1. The van der Waals surface area contributed by atoms with E-state index in [-0.39, 0.29) is 5.75 Å². The zero-order chi connectivity index (χ0) is 13.8. The Hall–Kier alpha value is -1.65. The zero-order valence-corrected chi connectivity index (χ0v) is 10.8. The summed E-state index contributed by atoms with van der Waals surface area (Å²) in [5, 5.41) is 0.471. The second-order valence-corrected chi connectivity index (χ2v) is 4.40. The molecular weight excluding hydrogens is 272 g/mol. The van der Waals surface area contributed by atoms with Crippen molar-refractivity contribution < 1.29 is 13.5 Å². The Morgan fingerprint density at radius 1 is 1.05 bits per heavy atom. The summed E-state index contributed by atoms with van der Waals surface area (Å²) >= 11 is 5.88. The number of benzene rings is 2. The van der Waals surface area contributed by atoms with Crippen molar-refractivity contribution in [2.75, 3.05) is 6.54 Å². The highest BCUT2D eigenvalue weighted by Gasteiger charge is 2.10. The number of hydrogen-bond donors (Lipinski definition) is 1. The summed E-state index contributed by atoms with van der Waals surface area (Å²) in [6, 6.07) is 8.19. The van der Waals surface area contributed by atoms with Gasteiger partial charge in [-0.15, -0.1) is 0 Å². The van der Waals surface area contributed by atoms with Gasteiger partial charge in [0.05, 0.1) is 0 Å². The largest absolute Gasteiger partial charge is 0.454 e. The molecule has 0 atom stereocenters. The van der Waals surface area contributed by atoms with E-state index in [9.17, 15) is 8.78 Å². The fourth-order valence-electron chi connectivity index (χ4n) is 1.66. The minimum atomic E-state index is -0.765. The molecule has 2 aromatic rings. The predicted molar refractivity (Wildman–Crippen MR) is 70.6 cm³/mol. The molecule has 0 fully saturated rings. The number of halogens is 3. The smallest absolute Gasteiger partial charge is 0.168 e. The summed E-state index contributed by atoms with van der Waals surface area (Å²) in [5.74, 6) is -1.05. The molecule has 0 spiro atoms. The molecule has 0 aromatic heterocycles.